The molecule has 110 valence electrons. The molecule has 1 aliphatic rings. The van der Waals surface area contributed by atoms with Crippen LogP contribution in [0.3, 0.4) is 0 Å². The summed E-state index contributed by atoms with van der Waals surface area (Å²) in [4.78, 5) is 15.8. The second-order valence-electron chi connectivity index (χ2n) is 5.87. The molecule has 2 aromatic carbocycles. The number of carbonyl (C=O) groups is 1. The van der Waals surface area contributed by atoms with Crippen LogP contribution in [0.15, 0.2) is 30.3 Å². The number of phenols is 1. The molecular formula is C17H20N2O2. The largest absolute Gasteiger partial charge is 0.507 e. The first kappa shape index (κ1) is 13.9. The topological polar surface area (TPSA) is 43.8 Å². The minimum atomic E-state index is 0.0437. The Morgan fingerprint density at radius 3 is 2.71 bits per heavy atom. The highest BCUT2D eigenvalue weighted by Crippen LogP contribution is 2.31. The van der Waals surface area contributed by atoms with Crippen molar-refractivity contribution in [3.63, 3.8) is 0 Å². The van der Waals surface area contributed by atoms with E-state index in [-0.39, 0.29) is 5.75 Å². The molecule has 0 bridgehead atoms. The van der Waals surface area contributed by atoms with Gasteiger partial charge < -0.3 is 14.9 Å². The fraction of sp³-hybridized carbons (Fsp3) is 0.353. The van der Waals surface area contributed by atoms with Gasteiger partial charge in [-0.1, -0.05) is 12.1 Å². The Hall–Kier alpha value is -2.07. The van der Waals surface area contributed by atoms with E-state index in [0.717, 1.165) is 42.3 Å². The van der Waals surface area contributed by atoms with Crippen LogP contribution in [-0.2, 0) is 0 Å². The van der Waals surface area contributed by atoms with Crippen molar-refractivity contribution in [3.05, 3.63) is 35.9 Å². The van der Waals surface area contributed by atoms with Crippen LogP contribution in [0, 0.1) is 0 Å². The van der Waals surface area contributed by atoms with Crippen molar-refractivity contribution < 1.29 is 9.90 Å². The smallest absolute Gasteiger partial charge is 0.154 e. The summed E-state index contributed by atoms with van der Waals surface area (Å²) >= 11 is 0. The molecule has 1 atom stereocenters. The lowest BCUT2D eigenvalue weighted by Crippen LogP contribution is -2.31. The van der Waals surface area contributed by atoms with Crippen molar-refractivity contribution in [2.45, 2.75) is 12.5 Å². The Balaban J connectivity index is 1.99. The van der Waals surface area contributed by atoms with Crippen LogP contribution in [0.25, 0.3) is 10.8 Å². The van der Waals surface area contributed by atoms with Crippen LogP contribution >= 0.6 is 0 Å². The molecule has 0 spiro atoms. The molecule has 1 aliphatic heterocycles. The van der Waals surface area contributed by atoms with Crippen molar-refractivity contribution in [1.29, 1.82) is 0 Å². The standard InChI is InChI=1S/C17H20N2O2/c1-18(2)14-7-8-19(10-14)13-5-3-12-4-6-17(21)16(11-20)15(12)9-13/h3-6,9,11,14,21H,7-8,10H2,1-2H3. The zero-order valence-corrected chi connectivity index (χ0v) is 12.4. The van der Waals surface area contributed by atoms with Gasteiger partial charge in [-0.2, -0.15) is 0 Å². The second-order valence-corrected chi connectivity index (χ2v) is 5.87. The number of hydrogen-bond acceptors (Lipinski definition) is 4. The Labute approximate surface area is 124 Å². The summed E-state index contributed by atoms with van der Waals surface area (Å²) in [5.41, 5.74) is 1.48. The fourth-order valence-corrected chi connectivity index (χ4v) is 3.04. The molecule has 2 aromatic rings. The van der Waals surface area contributed by atoms with Crippen molar-refractivity contribution in [2.24, 2.45) is 0 Å². The number of rotatable bonds is 3. The normalized spacial score (nSPS) is 18.6. The van der Waals surface area contributed by atoms with Crippen LogP contribution in [0.1, 0.15) is 16.8 Å². The monoisotopic (exact) mass is 284 g/mol. The van der Waals surface area contributed by atoms with E-state index in [2.05, 4.69) is 30.0 Å². The van der Waals surface area contributed by atoms with Crippen molar-refractivity contribution in [1.82, 2.24) is 4.90 Å². The molecule has 1 saturated heterocycles. The fourth-order valence-electron chi connectivity index (χ4n) is 3.04. The SMILES string of the molecule is CN(C)C1CCN(c2ccc3ccc(O)c(C=O)c3c2)C1. The molecule has 3 rings (SSSR count). The minimum absolute atomic E-state index is 0.0437. The number of likely N-dealkylation sites (N-methyl/N-ethyl adjacent to an activating group) is 1. The highest BCUT2D eigenvalue weighted by atomic mass is 16.3. The van der Waals surface area contributed by atoms with Crippen LogP contribution in [0.5, 0.6) is 5.75 Å². The Morgan fingerprint density at radius 2 is 2.05 bits per heavy atom. The van der Waals surface area contributed by atoms with E-state index in [4.69, 9.17) is 0 Å². The predicted octanol–water partition coefficient (Wildman–Crippen LogP) is 2.50. The lowest BCUT2D eigenvalue weighted by Gasteiger charge is -2.22. The summed E-state index contributed by atoms with van der Waals surface area (Å²) in [6, 6.07) is 10.1. The zero-order chi connectivity index (χ0) is 15.0. The molecule has 0 saturated carbocycles. The average Bonchev–Trinajstić information content (AvgIpc) is 2.96. The van der Waals surface area contributed by atoms with E-state index < -0.39 is 0 Å². The first-order valence-electron chi connectivity index (χ1n) is 7.22. The number of hydrogen-bond donors (Lipinski definition) is 1. The van der Waals surface area contributed by atoms with Crippen LogP contribution in [-0.4, -0.2) is 49.5 Å². The lowest BCUT2D eigenvalue weighted by atomic mass is 10.0. The average molecular weight is 284 g/mol. The number of nitrogens with zero attached hydrogens (tertiary/aromatic N) is 2. The van der Waals surface area contributed by atoms with Gasteiger partial charge in [0.2, 0.25) is 0 Å². The van der Waals surface area contributed by atoms with Gasteiger partial charge in [-0.3, -0.25) is 4.79 Å². The zero-order valence-electron chi connectivity index (χ0n) is 12.4. The third kappa shape index (κ3) is 2.47. The summed E-state index contributed by atoms with van der Waals surface area (Å²) in [6.45, 7) is 2.01. The van der Waals surface area contributed by atoms with Crippen molar-refractivity contribution >= 4 is 22.7 Å². The number of anilines is 1. The van der Waals surface area contributed by atoms with Gasteiger partial charge in [0.15, 0.2) is 6.29 Å². The molecule has 4 heteroatoms. The number of benzene rings is 2. The van der Waals surface area contributed by atoms with Crippen molar-refractivity contribution in [3.8, 4) is 5.75 Å². The molecule has 1 unspecified atom stereocenters. The maximum absolute atomic E-state index is 11.2. The first-order valence-corrected chi connectivity index (χ1v) is 7.22. The number of carbonyl (C=O) groups excluding carboxylic acids is 1. The minimum Gasteiger partial charge on any atom is -0.507 e. The Morgan fingerprint density at radius 1 is 1.29 bits per heavy atom. The summed E-state index contributed by atoms with van der Waals surface area (Å²) in [7, 11) is 4.22. The maximum atomic E-state index is 11.2. The molecule has 0 aromatic heterocycles. The molecule has 0 amide bonds. The van der Waals surface area contributed by atoms with Gasteiger partial charge in [-0.15, -0.1) is 0 Å². The number of aromatic hydroxyl groups is 1. The third-order valence-corrected chi connectivity index (χ3v) is 4.40. The van der Waals surface area contributed by atoms with E-state index in [1.54, 1.807) is 6.07 Å². The number of fused-ring (bicyclic) bond motifs is 1. The molecular weight excluding hydrogens is 264 g/mol. The van der Waals surface area contributed by atoms with Crippen LogP contribution in [0.4, 0.5) is 5.69 Å². The lowest BCUT2D eigenvalue weighted by molar-refractivity contribution is 0.112. The number of aldehydes is 1. The van der Waals surface area contributed by atoms with Gasteiger partial charge in [0.25, 0.3) is 0 Å². The van der Waals surface area contributed by atoms with Gasteiger partial charge in [0.1, 0.15) is 5.75 Å². The first-order chi connectivity index (χ1) is 10.1. The molecule has 1 fully saturated rings. The van der Waals surface area contributed by atoms with Crippen molar-refractivity contribution in [2.75, 3.05) is 32.1 Å². The van der Waals surface area contributed by atoms with E-state index in [0.29, 0.717) is 11.6 Å². The van der Waals surface area contributed by atoms with E-state index in [1.807, 2.05) is 18.2 Å². The molecule has 0 radical (unpaired) electrons. The highest BCUT2D eigenvalue weighted by molar-refractivity contribution is 6.02. The van der Waals surface area contributed by atoms with Gasteiger partial charge >= 0.3 is 0 Å². The van der Waals surface area contributed by atoms with Gasteiger partial charge in [0.05, 0.1) is 5.56 Å². The van der Waals surface area contributed by atoms with E-state index in [1.165, 1.54) is 0 Å². The molecule has 1 heterocycles. The summed E-state index contributed by atoms with van der Waals surface area (Å²) < 4.78 is 0. The summed E-state index contributed by atoms with van der Waals surface area (Å²) in [6.07, 6.45) is 1.87. The van der Waals surface area contributed by atoms with E-state index in [9.17, 15) is 9.90 Å². The molecule has 4 nitrogen and oxygen atoms in total. The Kier molecular flexibility index (Phi) is 3.55. The summed E-state index contributed by atoms with van der Waals surface area (Å²) in [5, 5.41) is 11.6. The third-order valence-electron chi connectivity index (χ3n) is 4.40. The van der Waals surface area contributed by atoms with Crippen LogP contribution in [0.2, 0.25) is 0 Å². The highest BCUT2D eigenvalue weighted by Gasteiger charge is 2.24. The molecule has 0 aliphatic carbocycles. The predicted molar refractivity (Wildman–Crippen MR) is 85.3 cm³/mol. The van der Waals surface area contributed by atoms with Crippen LogP contribution < -0.4 is 4.90 Å². The van der Waals surface area contributed by atoms with Gasteiger partial charge in [0, 0.05) is 24.8 Å². The van der Waals surface area contributed by atoms with Gasteiger partial charge in [-0.25, -0.2) is 0 Å². The molecule has 21 heavy (non-hydrogen) atoms. The molecule has 1 N–H and O–H groups in total. The second kappa shape index (κ2) is 5.37. The van der Waals surface area contributed by atoms with E-state index >= 15 is 0 Å². The van der Waals surface area contributed by atoms with Gasteiger partial charge in [-0.05, 0) is 49.5 Å². The quantitative estimate of drug-likeness (QED) is 0.880. The maximum Gasteiger partial charge on any atom is 0.154 e. The summed E-state index contributed by atoms with van der Waals surface area (Å²) in [5.74, 6) is 0.0437. The number of phenolic OH excluding ortho intramolecular Hbond substituents is 1. The Bertz CT molecular complexity index is 682.